The van der Waals surface area contributed by atoms with Crippen LogP contribution in [0.15, 0.2) is 42.5 Å². The van der Waals surface area contributed by atoms with Gasteiger partial charge >= 0.3 is 0 Å². The molecule has 0 atom stereocenters. The highest BCUT2D eigenvalue weighted by atomic mass is 16.5. The summed E-state index contributed by atoms with van der Waals surface area (Å²) in [5.74, 6) is 0.600. The number of rotatable bonds is 4. The smallest absolute Gasteiger partial charge is 0.251 e. The predicted molar refractivity (Wildman–Crippen MR) is 85.3 cm³/mol. The molecule has 2 aromatic rings. The first-order chi connectivity index (χ1) is 10.1. The van der Waals surface area contributed by atoms with Gasteiger partial charge in [0.1, 0.15) is 5.75 Å². The minimum Gasteiger partial charge on any atom is -0.495 e. The van der Waals surface area contributed by atoms with Gasteiger partial charge in [-0.1, -0.05) is 12.1 Å². The van der Waals surface area contributed by atoms with Crippen LogP contribution in [0.2, 0.25) is 0 Å². The molecule has 0 saturated carbocycles. The molecular formula is C16H19N3O2. The maximum atomic E-state index is 11.6. The zero-order valence-electron chi connectivity index (χ0n) is 12.4. The van der Waals surface area contributed by atoms with Crippen LogP contribution in [0.5, 0.6) is 5.75 Å². The zero-order valence-corrected chi connectivity index (χ0v) is 12.4. The Morgan fingerprint density at radius 2 is 1.90 bits per heavy atom. The van der Waals surface area contributed by atoms with Crippen molar-refractivity contribution in [1.29, 1.82) is 0 Å². The van der Waals surface area contributed by atoms with Crippen LogP contribution in [0.25, 0.3) is 0 Å². The number of amides is 1. The van der Waals surface area contributed by atoms with E-state index in [0.717, 1.165) is 17.1 Å². The van der Waals surface area contributed by atoms with Gasteiger partial charge in [0, 0.05) is 19.7 Å². The van der Waals surface area contributed by atoms with E-state index in [2.05, 4.69) is 5.32 Å². The molecule has 2 aromatic carbocycles. The van der Waals surface area contributed by atoms with Crippen LogP contribution in [0, 0.1) is 0 Å². The van der Waals surface area contributed by atoms with E-state index in [1.54, 1.807) is 26.3 Å². The molecule has 110 valence electrons. The Kier molecular flexibility index (Phi) is 4.33. The molecule has 5 heteroatoms. The topological polar surface area (TPSA) is 67.6 Å². The van der Waals surface area contributed by atoms with Crippen LogP contribution in [0.3, 0.4) is 0 Å². The zero-order chi connectivity index (χ0) is 15.4. The normalized spacial score (nSPS) is 10.0. The second-order valence-electron chi connectivity index (χ2n) is 4.58. The van der Waals surface area contributed by atoms with Crippen LogP contribution in [0.4, 0.5) is 17.1 Å². The van der Waals surface area contributed by atoms with Crippen molar-refractivity contribution in [3.63, 3.8) is 0 Å². The molecule has 3 N–H and O–H groups in total. The summed E-state index contributed by atoms with van der Waals surface area (Å²) >= 11 is 0. The maximum Gasteiger partial charge on any atom is 0.251 e. The standard InChI is InChI=1S/C16H19N3O2/c1-18-16(20)11-8-9-13(12(17)10-11)19(2)14-6-4-5-7-15(14)21-3/h4-10H,17H2,1-3H3,(H,18,20). The minimum atomic E-state index is -0.159. The summed E-state index contributed by atoms with van der Waals surface area (Å²) in [6.07, 6.45) is 0. The fourth-order valence-corrected chi connectivity index (χ4v) is 2.18. The quantitative estimate of drug-likeness (QED) is 0.847. The molecule has 0 unspecified atom stereocenters. The van der Waals surface area contributed by atoms with E-state index in [4.69, 9.17) is 10.5 Å². The van der Waals surface area contributed by atoms with Crippen LogP contribution in [-0.2, 0) is 0 Å². The van der Waals surface area contributed by atoms with Gasteiger partial charge in [-0.05, 0) is 30.3 Å². The highest BCUT2D eigenvalue weighted by Gasteiger charge is 2.13. The van der Waals surface area contributed by atoms with Gasteiger partial charge in [-0.3, -0.25) is 4.79 Å². The molecule has 0 aliphatic rings. The van der Waals surface area contributed by atoms with Crippen LogP contribution < -0.4 is 20.7 Å². The fourth-order valence-electron chi connectivity index (χ4n) is 2.18. The van der Waals surface area contributed by atoms with E-state index in [0.29, 0.717) is 11.3 Å². The Bertz CT molecular complexity index is 656. The van der Waals surface area contributed by atoms with E-state index in [9.17, 15) is 4.79 Å². The van der Waals surface area contributed by atoms with Crippen LogP contribution in [-0.4, -0.2) is 27.1 Å². The molecule has 1 amide bonds. The Labute approximate surface area is 124 Å². The Morgan fingerprint density at radius 3 is 2.52 bits per heavy atom. The monoisotopic (exact) mass is 285 g/mol. The van der Waals surface area contributed by atoms with Crippen LogP contribution in [0.1, 0.15) is 10.4 Å². The largest absolute Gasteiger partial charge is 0.495 e. The lowest BCUT2D eigenvalue weighted by Gasteiger charge is -2.23. The fraction of sp³-hybridized carbons (Fsp3) is 0.188. The molecule has 0 spiro atoms. The number of carbonyl (C=O) groups is 1. The summed E-state index contributed by atoms with van der Waals surface area (Å²) < 4.78 is 5.36. The lowest BCUT2D eigenvalue weighted by Crippen LogP contribution is -2.19. The van der Waals surface area contributed by atoms with Crippen molar-refractivity contribution in [2.45, 2.75) is 0 Å². The van der Waals surface area contributed by atoms with Gasteiger partial charge < -0.3 is 20.7 Å². The second kappa shape index (κ2) is 6.17. The van der Waals surface area contributed by atoms with Gasteiger partial charge in [0.15, 0.2) is 0 Å². The number of carbonyl (C=O) groups excluding carboxylic acids is 1. The molecule has 0 aromatic heterocycles. The number of methoxy groups -OCH3 is 1. The third-order valence-electron chi connectivity index (χ3n) is 3.32. The molecule has 0 heterocycles. The van der Waals surface area contributed by atoms with Crippen molar-refractivity contribution >= 4 is 23.0 Å². The average Bonchev–Trinajstić information content (AvgIpc) is 2.53. The Morgan fingerprint density at radius 1 is 1.19 bits per heavy atom. The minimum absolute atomic E-state index is 0.159. The number of hydrogen-bond donors (Lipinski definition) is 2. The number of anilines is 3. The first-order valence-corrected chi connectivity index (χ1v) is 6.56. The lowest BCUT2D eigenvalue weighted by atomic mass is 10.1. The molecule has 0 aliphatic carbocycles. The van der Waals surface area contributed by atoms with Crippen molar-refractivity contribution in [3.8, 4) is 5.75 Å². The van der Waals surface area contributed by atoms with Gasteiger partial charge in [0.05, 0.1) is 24.2 Å². The molecule has 0 bridgehead atoms. The van der Waals surface area contributed by atoms with Gasteiger partial charge in [-0.2, -0.15) is 0 Å². The molecule has 0 radical (unpaired) electrons. The number of para-hydroxylation sites is 2. The molecule has 2 rings (SSSR count). The van der Waals surface area contributed by atoms with Gasteiger partial charge in [0.2, 0.25) is 0 Å². The molecule has 21 heavy (non-hydrogen) atoms. The third kappa shape index (κ3) is 2.91. The summed E-state index contributed by atoms with van der Waals surface area (Å²) in [5.41, 5.74) is 8.86. The van der Waals surface area contributed by atoms with E-state index in [1.807, 2.05) is 42.3 Å². The number of hydrogen-bond acceptors (Lipinski definition) is 4. The van der Waals surface area contributed by atoms with Crippen molar-refractivity contribution < 1.29 is 9.53 Å². The number of nitrogens with zero attached hydrogens (tertiary/aromatic N) is 1. The van der Waals surface area contributed by atoms with Crippen molar-refractivity contribution in [3.05, 3.63) is 48.0 Å². The highest BCUT2D eigenvalue weighted by molar-refractivity contribution is 5.96. The number of benzene rings is 2. The van der Waals surface area contributed by atoms with Gasteiger partial charge in [0.25, 0.3) is 5.91 Å². The molecule has 0 aliphatic heterocycles. The number of nitrogen functional groups attached to an aromatic ring is 1. The van der Waals surface area contributed by atoms with E-state index >= 15 is 0 Å². The Hall–Kier alpha value is -2.69. The number of nitrogens with two attached hydrogens (primary N) is 1. The predicted octanol–water partition coefficient (Wildman–Crippen LogP) is 2.40. The summed E-state index contributed by atoms with van der Waals surface area (Å²) in [5, 5.41) is 2.58. The lowest BCUT2D eigenvalue weighted by molar-refractivity contribution is 0.0963. The summed E-state index contributed by atoms with van der Waals surface area (Å²) in [6, 6.07) is 12.9. The third-order valence-corrected chi connectivity index (χ3v) is 3.32. The first-order valence-electron chi connectivity index (χ1n) is 6.56. The number of ether oxygens (including phenoxy) is 1. The SMILES string of the molecule is CNC(=O)c1ccc(N(C)c2ccccc2OC)c(N)c1. The van der Waals surface area contributed by atoms with Gasteiger partial charge in [-0.25, -0.2) is 0 Å². The van der Waals surface area contributed by atoms with Gasteiger partial charge in [-0.15, -0.1) is 0 Å². The average molecular weight is 285 g/mol. The maximum absolute atomic E-state index is 11.6. The number of nitrogens with one attached hydrogen (secondary N) is 1. The first kappa shape index (κ1) is 14.7. The van der Waals surface area contributed by atoms with Crippen molar-refractivity contribution in [2.75, 3.05) is 31.8 Å². The molecular weight excluding hydrogens is 266 g/mol. The molecule has 5 nitrogen and oxygen atoms in total. The van der Waals surface area contributed by atoms with E-state index in [1.165, 1.54) is 0 Å². The molecule has 0 fully saturated rings. The summed E-state index contributed by atoms with van der Waals surface area (Å²) in [7, 11) is 5.13. The van der Waals surface area contributed by atoms with Crippen molar-refractivity contribution in [1.82, 2.24) is 5.32 Å². The Balaban J connectivity index is 2.40. The van der Waals surface area contributed by atoms with Crippen LogP contribution >= 0.6 is 0 Å². The summed E-state index contributed by atoms with van der Waals surface area (Å²) in [4.78, 5) is 13.5. The van der Waals surface area contributed by atoms with E-state index < -0.39 is 0 Å². The highest BCUT2D eigenvalue weighted by Crippen LogP contribution is 2.35. The second-order valence-corrected chi connectivity index (χ2v) is 4.58. The van der Waals surface area contributed by atoms with E-state index in [-0.39, 0.29) is 5.91 Å². The summed E-state index contributed by atoms with van der Waals surface area (Å²) in [6.45, 7) is 0. The molecule has 0 saturated heterocycles. The van der Waals surface area contributed by atoms with Crippen molar-refractivity contribution in [2.24, 2.45) is 0 Å².